The topological polar surface area (TPSA) is 37.4 Å². The van der Waals surface area contributed by atoms with E-state index in [4.69, 9.17) is 0 Å². The molecule has 5 heteroatoms. The van der Waals surface area contributed by atoms with Gasteiger partial charge < -0.3 is 4.90 Å². The van der Waals surface area contributed by atoms with E-state index in [1.54, 1.807) is 6.92 Å². The van der Waals surface area contributed by atoms with Crippen molar-refractivity contribution in [3.63, 3.8) is 0 Å². The van der Waals surface area contributed by atoms with Crippen LogP contribution >= 0.6 is 12.4 Å². The van der Waals surface area contributed by atoms with Gasteiger partial charge in [-0.25, -0.2) is 8.42 Å². The van der Waals surface area contributed by atoms with Crippen molar-refractivity contribution in [2.45, 2.75) is 24.5 Å². The number of nitrogens with zero attached hydrogens (tertiary/aromatic N) is 1. The highest BCUT2D eigenvalue weighted by Gasteiger charge is 2.45. The predicted octanol–water partition coefficient (Wildman–Crippen LogP) is 2.46. The molecule has 0 amide bonds. The molecule has 1 aromatic carbocycles. The third kappa shape index (κ3) is 2.96. The molecular weight excluding hydrogens is 282 g/mol. The van der Waals surface area contributed by atoms with Crippen LogP contribution in [0, 0.1) is 0 Å². The Kier molecular flexibility index (Phi) is 5.42. The van der Waals surface area contributed by atoms with Gasteiger partial charge in [-0.2, -0.15) is 0 Å². The maximum Gasteiger partial charge on any atom is 0.159 e. The first kappa shape index (κ1) is 16.5. The smallest absolute Gasteiger partial charge is 0.159 e. The normalized spacial score (nSPS) is 19.7. The summed E-state index contributed by atoms with van der Waals surface area (Å²) in [6.45, 7) is 3.43. The van der Waals surface area contributed by atoms with Gasteiger partial charge in [0.2, 0.25) is 0 Å². The molecule has 1 aliphatic rings. The summed E-state index contributed by atoms with van der Waals surface area (Å²) >= 11 is 0. The summed E-state index contributed by atoms with van der Waals surface area (Å²) < 4.78 is 24.5. The standard InChI is InChI=1S/C14H21NO2S.ClH/c1-3-18(16,17)14(9-11-15(2)12-10-14)13-7-5-4-6-8-13;/h4-8H,3,9-12H2,1-2H3;1H. The fraction of sp³-hybridized carbons (Fsp3) is 0.571. The third-order valence-electron chi connectivity index (χ3n) is 4.07. The largest absolute Gasteiger partial charge is 0.306 e. The van der Waals surface area contributed by atoms with Crippen molar-refractivity contribution in [3.05, 3.63) is 35.9 Å². The highest BCUT2D eigenvalue weighted by Crippen LogP contribution is 2.40. The SMILES string of the molecule is CCS(=O)(=O)C1(c2ccccc2)CCN(C)CC1.Cl. The Morgan fingerprint density at radius 3 is 2.16 bits per heavy atom. The van der Waals surface area contributed by atoms with Gasteiger partial charge in [-0.1, -0.05) is 37.3 Å². The first-order chi connectivity index (χ1) is 8.52. The molecular formula is C14H22ClNO2S. The fourth-order valence-electron chi connectivity index (χ4n) is 2.78. The second kappa shape index (κ2) is 6.25. The molecule has 1 aliphatic heterocycles. The Hall–Kier alpha value is -0.580. The lowest BCUT2D eigenvalue weighted by molar-refractivity contribution is 0.233. The average molecular weight is 304 g/mol. The molecule has 1 heterocycles. The van der Waals surface area contributed by atoms with Crippen LogP contribution in [0.4, 0.5) is 0 Å². The van der Waals surface area contributed by atoms with E-state index in [9.17, 15) is 8.42 Å². The summed E-state index contributed by atoms with van der Waals surface area (Å²) in [5.41, 5.74) is 0.958. The quantitative estimate of drug-likeness (QED) is 0.861. The van der Waals surface area contributed by atoms with Crippen LogP contribution in [0.25, 0.3) is 0 Å². The van der Waals surface area contributed by atoms with Gasteiger partial charge in [-0.3, -0.25) is 0 Å². The molecule has 0 unspecified atom stereocenters. The van der Waals surface area contributed by atoms with Crippen molar-refractivity contribution in [1.82, 2.24) is 4.90 Å². The van der Waals surface area contributed by atoms with Crippen molar-refractivity contribution in [2.75, 3.05) is 25.9 Å². The van der Waals surface area contributed by atoms with Gasteiger partial charge in [0.15, 0.2) is 9.84 Å². The summed E-state index contributed by atoms with van der Waals surface area (Å²) in [7, 11) is -1.04. The zero-order valence-corrected chi connectivity index (χ0v) is 13.1. The second-order valence-corrected chi connectivity index (χ2v) is 7.66. The first-order valence-electron chi connectivity index (χ1n) is 6.48. The zero-order valence-electron chi connectivity index (χ0n) is 11.5. The molecule has 0 saturated carbocycles. The minimum absolute atomic E-state index is 0. The maximum atomic E-state index is 12.6. The van der Waals surface area contributed by atoms with Crippen LogP contribution in [0.5, 0.6) is 0 Å². The molecule has 0 radical (unpaired) electrons. The monoisotopic (exact) mass is 303 g/mol. The lowest BCUT2D eigenvalue weighted by atomic mass is 9.88. The number of hydrogen-bond donors (Lipinski definition) is 0. The molecule has 1 aromatic rings. The highest BCUT2D eigenvalue weighted by atomic mass is 35.5. The minimum Gasteiger partial charge on any atom is -0.306 e. The summed E-state index contributed by atoms with van der Waals surface area (Å²) in [4.78, 5) is 2.20. The Morgan fingerprint density at radius 1 is 1.16 bits per heavy atom. The molecule has 0 aromatic heterocycles. The van der Waals surface area contributed by atoms with E-state index in [0.29, 0.717) is 12.8 Å². The lowest BCUT2D eigenvalue weighted by Gasteiger charge is -2.40. The molecule has 0 N–H and O–H groups in total. The van der Waals surface area contributed by atoms with Crippen molar-refractivity contribution < 1.29 is 8.42 Å². The van der Waals surface area contributed by atoms with E-state index in [-0.39, 0.29) is 18.2 Å². The van der Waals surface area contributed by atoms with Crippen LogP contribution in [0.3, 0.4) is 0 Å². The van der Waals surface area contributed by atoms with Gasteiger partial charge in [0.1, 0.15) is 0 Å². The Bertz CT molecular complexity index is 493. The summed E-state index contributed by atoms with van der Waals surface area (Å²) in [5, 5.41) is 0. The lowest BCUT2D eigenvalue weighted by Crippen LogP contribution is -2.46. The van der Waals surface area contributed by atoms with Gasteiger partial charge in [0, 0.05) is 5.75 Å². The number of halogens is 1. The van der Waals surface area contributed by atoms with Gasteiger partial charge in [0.25, 0.3) is 0 Å². The summed E-state index contributed by atoms with van der Waals surface area (Å²) in [6, 6.07) is 9.71. The number of benzene rings is 1. The molecule has 2 rings (SSSR count). The molecule has 0 aliphatic carbocycles. The third-order valence-corrected chi connectivity index (χ3v) is 6.66. The Morgan fingerprint density at radius 2 is 1.68 bits per heavy atom. The van der Waals surface area contributed by atoms with Crippen LogP contribution in [-0.4, -0.2) is 39.2 Å². The van der Waals surface area contributed by atoms with Crippen LogP contribution in [0.1, 0.15) is 25.3 Å². The van der Waals surface area contributed by atoms with Crippen molar-refractivity contribution in [3.8, 4) is 0 Å². The highest BCUT2D eigenvalue weighted by molar-refractivity contribution is 7.92. The van der Waals surface area contributed by atoms with Gasteiger partial charge in [0.05, 0.1) is 4.75 Å². The molecule has 19 heavy (non-hydrogen) atoms. The first-order valence-corrected chi connectivity index (χ1v) is 8.13. The number of sulfone groups is 1. The van der Waals surface area contributed by atoms with Crippen LogP contribution in [-0.2, 0) is 14.6 Å². The predicted molar refractivity (Wildman–Crippen MR) is 81.6 cm³/mol. The van der Waals surface area contributed by atoms with E-state index in [2.05, 4.69) is 4.90 Å². The Labute approximate surface area is 122 Å². The molecule has 0 spiro atoms. The number of hydrogen-bond acceptors (Lipinski definition) is 3. The average Bonchev–Trinajstić information content (AvgIpc) is 2.40. The van der Waals surface area contributed by atoms with Gasteiger partial charge >= 0.3 is 0 Å². The molecule has 108 valence electrons. The van der Waals surface area contributed by atoms with E-state index < -0.39 is 14.6 Å². The second-order valence-electron chi connectivity index (χ2n) is 5.07. The van der Waals surface area contributed by atoms with E-state index >= 15 is 0 Å². The molecule has 1 saturated heterocycles. The summed E-state index contributed by atoms with van der Waals surface area (Å²) in [6.07, 6.45) is 1.40. The molecule has 0 atom stereocenters. The van der Waals surface area contributed by atoms with E-state index in [0.717, 1.165) is 18.7 Å². The number of piperidine rings is 1. The van der Waals surface area contributed by atoms with Crippen molar-refractivity contribution in [2.24, 2.45) is 0 Å². The Balaban J connectivity index is 0.00000180. The van der Waals surface area contributed by atoms with E-state index in [1.165, 1.54) is 0 Å². The summed E-state index contributed by atoms with van der Waals surface area (Å²) in [5.74, 6) is 0.214. The van der Waals surface area contributed by atoms with E-state index in [1.807, 2.05) is 37.4 Å². The van der Waals surface area contributed by atoms with Crippen LogP contribution < -0.4 is 0 Å². The van der Waals surface area contributed by atoms with Crippen molar-refractivity contribution >= 4 is 22.2 Å². The van der Waals surface area contributed by atoms with Crippen LogP contribution in [0.2, 0.25) is 0 Å². The number of likely N-dealkylation sites (tertiary alicyclic amines) is 1. The van der Waals surface area contributed by atoms with Crippen molar-refractivity contribution in [1.29, 1.82) is 0 Å². The minimum atomic E-state index is -3.09. The molecule has 1 fully saturated rings. The fourth-order valence-corrected chi connectivity index (χ4v) is 4.63. The van der Waals surface area contributed by atoms with Crippen LogP contribution in [0.15, 0.2) is 30.3 Å². The molecule has 0 bridgehead atoms. The maximum absolute atomic E-state index is 12.6. The zero-order chi connectivity index (χ0) is 13.2. The molecule has 3 nitrogen and oxygen atoms in total. The van der Waals surface area contributed by atoms with Gasteiger partial charge in [-0.15, -0.1) is 12.4 Å². The van der Waals surface area contributed by atoms with Gasteiger partial charge in [-0.05, 0) is 38.5 Å². The number of rotatable bonds is 3.